The number of aliphatic carboxylic acids is 1. The maximum absolute atomic E-state index is 11.7. The van der Waals surface area contributed by atoms with Crippen molar-refractivity contribution in [2.45, 2.75) is 24.3 Å². The van der Waals surface area contributed by atoms with E-state index in [0.717, 1.165) is 0 Å². The van der Waals surface area contributed by atoms with Crippen molar-refractivity contribution < 1.29 is 14.7 Å². The van der Waals surface area contributed by atoms with Crippen LogP contribution in [0.1, 0.15) is 12.8 Å². The fraction of sp³-hybridized carbons (Fsp3) is 0.400. The molecule has 0 bridgehead atoms. The van der Waals surface area contributed by atoms with Crippen molar-refractivity contribution in [2.75, 3.05) is 0 Å². The van der Waals surface area contributed by atoms with Gasteiger partial charge in [-0.2, -0.15) is 0 Å². The van der Waals surface area contributed by atoms with Crippen LogP contribution < -0.4 is 11.5 Å². The fourth-order valence-corrected chi connectivity index (χ4v) is 1.60. The molecule has 6 heteroatoms. The van der Waals surface area contributed by atoms with Gasteiger partial charge in [0.25, 0.3) is 0 Å². The lowest BCUT2D eigenvalue weighted by molar-refractivity contribution is -0.139. The van der Waals surface area contributed by atoms with Crippen LogP contribution in [0, 0.1) is 0 Å². The van der Waals surface area contributed by atoms with Gasteiger partial charge >= 0.3 is 5.97 Å². The van der Waals surface area contributed by atoms with Crippen LogP contribution in [0.3, 0.4) is 0 Å². The summed E-state index contributed by atoms with van der Waals surface area (Å²) in [6.45, 7) is 0. The van der Waals surface area contributed by atoms with E-state index < -0.39 is 12.0 Å². The van der Waals surface area contributed by atoms with Gasteiger partial charge in [-0.05, 0) is 12.5 Å². The smallest absolute Gasteiger partial charge is 0.320 e. The first-order valence-electron chi connectivity index (χ1n) is 4.75. The number of Topliss-reactive ketones (excluding diaryl/α,β-unsaturated/α-hetero) is 1. The van der Waals surface area contributed by atoms with E-state index in [9.17, 15) is 9.59 Å². The van der Waals surface area contributed by atoms with E-state index in [2.05, 4.69) is 0 Å². The number of hydrogen-bond acceptors (Lipinski definition) is 4. The highest BCUT2D eigenvalue weighted by atomic mass is 35.5. The van der Waals surface area contributed by atoms with Gasteiger partial charge in [0, 0.05) is 17.7 Å². The van der Waals surface area contributed by atoms with Crippen molar-refractivity contribution in [1.29, 1.82) is 0 Å². The summed E-state index contributed by atoms with van der Waals surface area (Å²) in [6.07, 6.45) is 3.43. The first-order chi connectivity index (χ1) is 7.41. The van der Waals surface area contributed by atoms with Crippen LogP contribution in [-0.4, -0.2) is 28.3 Å². The van der Waals surface area contributed by atoms with Crippen LogP contribution in [0.25, 0.3) is 0 Å². The van der Waals surface area contributed by atoms with E-state index in [0.29, 0.717) is 12.0 Å². The standard InChI is InChI=1S/C10H13ClN2O3/c11-5-1-2-6(7(12)3-5)9(14)4-8(13)10(15)16/h2-3,5,8H,1,4,12-13H2,(H,15,16). The molecule has 88 valence electrons. The lowest BCUT2D eigenvalue weighted by Gasteiger charge is -2.15. The summed E-state index contributed by atoms with van der Waals surface area (Å²) in [5.74, 6) is -1.57. The van der Waals surface area contributed by atoms with Gasteiger partial charge in [-0.1, -0.05) is 6.08 Å². The number of rotatable bonds is 4. The molecular weight excluding hydrogens is 232 g/mol. The molecule has 0 heterocycles. The summed E-state index contributed by atoms with van der Waals surface area (Å²) in [4.78, 5) is 22.1. The molecule has 2 unspecified atom stereocenters. The summed E-state index contributed by atoms with van der Waals surface area (Å²) >= 11 is 5.81. The number of alkyl halides is 1. The monoisotopic (exact) mass is 244 g/mol. The Hall–Kier alpha value is -1.33. The largest absolute Gasteiger partial charge is 0.480 e. The van der Waals surface area contributed by atoms with Crippen molar-refractivity contribution in [2.24, 2.45) is 11.5 Å². The highest BCUT2D eigenvalue weighted by molar-refractivity contribution is 6.22. The highest BCUT2D eigenvalue weighted by Crippen LogP contribution is 2.20. The fourth-order valence-electron chi connectivity index (χ4n) is 1.37. The summed E-state index contributed by atoms with van der Waals surface area (Å²) in [6, 6.07) is -1.20. The van der Waals surface area contributed by atoms with E-state index in [1.807, 2.05) is 0 Å². The minimum atomic E-state index is -1.21. The molecule has 1 aliphatic carbocycles. The molecule has 1 rings (SSSR count). The zero-order chi connectivity index (χ0) is 12.3. The second-order valence-corrected chi connectivity index (χ2v) is 4.12. The Bertz CT molecular complexity index is 376. The zero-order valence-corrected chi connectivity index (χ0v) is 9.28. The molecule has 0 saturated heterocycles. The molecule has 5 nitrogen and oxygen atoms in total. The number of carboxylic acids is 1. The number of carboxylic acid groups (broad SMARTS) is 1. The average Bonchev–Trinajstić information content (AvgIpc) is 2.16. The predicted octanol–water partition coefficient (Wildman–Crippen LogP) is 0.138. The Labute approximate surface area is 97.7 Å². The first-order valence-corrected chi connectivity index (χ1v) is 5.19. The van der Waals surface area contributed by atoms with Crippen LogP contribution in [0.15, 0.2) is 23.4 Å². The Balaban J connectivity index is 2.69. The van der Waals surface area contributed by atoms with Gasteiger partial charge < -0.3 is 16.6 Å². The SMILES string of the molecule is NC1=CC(Cl)CC=C1C(=O)CC(N)C(=O)O. The number of nitrogens with two attached hydrogens (primary N) is 2. The molecule has 0 aromatic heterocycles. The van der Waals surface area contributed by atoms with Crippen molar-refractivity contribution in [3.63, 3.8) is 0 Å². The van der Waals surface area contributed by atoms with Gasteiger partial charge in [0.2, 0.25) is 0 Å². The average molecular weight is 245 g/mol. The number of ketones is 1. The second kappa shape index (κ2) is 5.14. The second-order valence-electron chi connectivity index (χ2n) is 3.56. The van der Waals surface area contributed by atoms with Crippen LogP contribution in [0.4, 0.5) is 0 Å². The van der Waals surface area contributed by atoms with Gasteiger partial charge in [-0.25, -0.2) is 0 Å². The van der Waals surface area contributed by atoms with Gasteiger partial charge in [-0.3, -0.25) is 9.59 Å². The van der Waals surface area contributed by atoms with E-state index in [1.54, 1.807) is 12.2 Å². The Kier molecular flexibility index (Phi) is 4.09. The van der Waals surface area contributed by atoms with Crippen molar-refractivity contribution >= 4 is 23.4 Å². The molecule has 0 fully saturated rings. The minimum absolute atomic E-state index is 0.218. The maximum Gasteiger partial charge on any atom is 0.320 e. The minimum Gasteiger partial charge on any atom is -0.480 e. The molecule has 2 atom stereocenters. The van der Waals surface area contributed by atoms with Gasteiger partial charge in [-0.15, -0.1) is 11.6 Å². The highest BCUT2D eigenvalue weighted by Gasteiger charge is 2.22. The molecule has 0 saturated carbocycles. The van der Waals surface area contributed by atoms with Crippen LogP contribution in [0.2, 0.25) is 0 Å². The third-order valence-electron chi connectivity index (χ3n) is 2.24. The Morgan fingerprint density at radius 1 is 1.62 bits per heavy atom. The molecule has 0 spiro atoms. The number of carbonyl (C=O) groups excluding carboxylic acids is 1. The third kappa shape index (κ3) is 3.08. The summed E-state index contributed by atoms with van der Waals surface area (Å²) in [5.41, 5.74) is 11.5. The van der Waals surface area contributed by atoms with E-state index in [1.165, 1.54) is 0 Å². The van der Waals surface area contributed by atoms with E-state index in [-0.39, 0.29) is 23.3 Å². The van der Waals surface area contributed by atoms with Crippen molar-refractivity contribution in [3.8, 4) is 0 Å². The van der Waals surface area contributed by atoms with E-state index in [4.69, 9.17) is 28.2 Å². The van der Waals surface area contributed by atoms with Gasteiger partial charge in [0.05, 0.1) is 5.38 Å². The van der Waals surface area contributed by atoms with Crippen LogP contribution in [-0.2, 0) is 9.59 Å². The van der Waals surface area contributed by atoms with Gasteiger partial charge in [0.15, 0.2) is 5.78 Å². The quantitative estimate of drug-likeness (QED) is 0.610. The van der Waals surface area contributed by atoms with Gasteiger partial charge in [0.1, 0.15) is 6.04 Å². The molecule has 0 aromatic carbocycles. The summed E-state index contributed by atoms with van der Waals surface area (Å²) in [7, 11) is 0. The number of hydrogen-bond donors (Lipinski definition) is 3. The first kappa shape index (κ1) is 12.7. The molecule has 0 aliphatic heterocycles. The normalized spacial score (nSPS) is 22.0. The summed E-state index contributed by atoms with van der Waals surface area (Å²) < 4.78 is 0. The Morgan fingerprint density at radius 3 is 2.75 bits per heavy atom. The predicted molar refractivity (Wildman–Crippen MR) is 59.8 cm³/mol. The van der Waals surface area contributed by atoms with E-state index >= 15 is 0 Å². The van der Waals surface area contributed by atoms with Crippen molar-refractivity contribution in [1.82, 2.24) is 0 Å². The lowest BCUT2D eigenvalue weighted by atomic mass is 9.96. The molecule has 0 aromatic rings. The molecule has 1 aliphatic rings. The molecular formula is C10H13ClN2O3. The Morgan fingerprint density at radius 2 is 2.25 bits per heavy atom. The third-order valence-corrected chi connectivity index (χ3v) is 2.55. The number of allylic oxidation sites excluding steroid dienone is 3. The molecule has 5 N–H and O–H groups in total. The molecule has 0 amide bonds. The summed E-state index contributed by atoms with van der Waals surface area (Å²) in [5, 5.41) is 8.36. The maximum atomic E-state index is 11.7. The van der Waals surface area contributed by atoms with Crippen molar-refractivity contribution in [3.05, 3.63) is 23.4 Å². The molecule has 0 radical (unpaired) electrons. The lowest BCUT2D eigenvalue weighted by Crippen LogP contribution is -2.33. The number of halogens is 1. The zero-order valence-electron chi connectivity index (χ0n) is 8.52. The van der Waals surface area contributed by atoms with Crippen LogP contribution >= 0.6 is 11.6 Å². The topological polar surface area (TPSA) is 106 Å². The molecule has 16 heavy (non-hydrogen) atoms. The van der Waals surface area contributed by atoms with Crippen LogP contribution in [0.5, 0.6) is 0 Å². The number of carbonyl (C=O) groups is 2.